The van der Waals surface area contributed by atoms with Gasteiger partial charge in [-0.15, -0.1) is 0 Å². The minimum atomic E-state index is -0.811. The fourth-order valence-electron chi connectivity index (χ4n) is 3.48. The molecule has 1 amide bonds. The van der Waals surface area contributed by atoms with E-state index >= 15 is 0 Å². The number of aliphatic carboxylic acids is 1. The Balaban J connectivity index is 1.76. The van der Waals surface area contributed by atoms with Gasteiger partial charge in [0.15, 0.2) is 0 Å². The number of hydrogen-bond acceptors (Lipinski definition) is 3. The minimum Gasteiger partial charge on any atom is -0.481 e. The van der Waals surface area contributed by atoms with Gasteiger partial charge in [-0.05, 0) is 38.3 Å². The van der Waals surface area contributed by atoms with Gasteiger partial charge in [-0.3, -0.25) is 18.7 Å². The third-order valence-electron chi connectivity index (χ3n) is 4.69. The fourth-order valence-corrected chi connectivity index (χ4v) is 3.48. The number of aromatic nitrogens is 2. The van der Waals surface area contributed by atoms with Gasteiger partial charge < -0.3 is 10.4 Å². The predicted octanol–water partition coefficient (Wildman–Crippen LogP) is 1.19. The van der Waals surface area contributed by atoms with E-state index in [-0.39, 0.29) is 30.1 Å². The Kier molecular flexibility index (Phi) is 4.42. The van der Waals surface area contributed by atoms with E-state index in [1.807, 2.05) is 31.2 Å². The van der Waals surface area contributed by atoms with Crippen molar-refractivity contribution in [2.75, 3.05) is 0 Å². The maximum absolute atomic E-state index is 12.5. The normalized spacial score (nSPS) is 20.4. The maximum atomic E-state index is 12.5. The van der Waals surface area contributed by atoms with Crippen LogP contribution in [0, 0.1) is 5.92 Å². The van der Waals surface area contributed by atoms with Crippen LogP contribution in [0.25, 0.3) is 11.0 Å². The first kappa shape index (κ1) is 16.3. The molecule has 0 unspecified atom stereocenters. The molecule has 0 saturated heterocycles. The zero-order chi connectivity index (χ0) is 17.3. The molecule has 3 rings (SSSR count). The molecule has 0 aliphatic heterocycles. The number of para-hydroxylation sites is 2. The first-order valence-electron chi connectivity index (χ1n) is 8.21. The number of carboxylic acids is 1. The third-order valence-corrected chi connectivity index (χ3v) is 4.69. The van der Waals surface area contributed by atoms with Gasteiger partial charge in [-0.1, -0.05) is 12.1 Å². The van der Waals surface area contributed by atoms with Crippen LogP contribution in [0.4, 0.5) is 0 Å². The van der Waals surface area contributed by atoms with E-state index in [0.29, 0.717) is 25.8 Å². The van der Waals surface area contributed by atoms with Crippen molar-refractivity contribution >= 4 is 22.9 Å². The number of carbonyl (C=O) groups is 2. The second kappa shape index (κ2) is 6.51. The Bertz CT molecular complexity index is 836. The average Bonchev–Trinajstić information content (AvgIpc) is 3.11. The summed E-state index contributed by atoms with van der Waals surface area (Å²) in [5.41, 5.74) is 1.34. The lowest BCUT2D eigenvalue weighted by molar-refractivity contribution is -0.141. The summed E-state index contributed by atoms with van der Waals surface area (Å²) < 4.78 is 3.11. The zero-order valence-corrected chi connectivity index (χ0v) is 13.6. The van der Waals surface area contributed by atoms with Crippen LogP contribution in [-0.4, -0.2) is 32.2 Å². The summed E-state index contributed by atoms with van der Waals surface area (Å²) in [5, 5.41) is 11.9. The first-order valence-corrected chi connectivity index (χ1v) is 8.21. The molecule has 1 aromatic carbocycles. The molecule has 7 heteroatoms. The number of aryl methyl sites for hydroxylation is 1. The van der Waals surface area contributed by atoms with Crippen molar-refractivity contribution in [1.82, 2.24) is 14.5 Å². The number of imidazole rings is 1. The first-order chi connectivity index (χ1) is 11.5. The quantitative estimate of drug-likeness (QED) is 0.861. The van der Waals surface area contributed by atoms with Gasteiger partial charge in [0.2, 0.25) is 5.91 Å². The van der Waals surface area contributed by atoms with Crippen molar-refractivity contribution in [3.8, 4) is 0 Å². The van der Waals surface area contributed by atoms with Crippen molar-refractivity contribution in [1.29, 1.82) is 0 Å². The molecule has 2 atom stereocenters. The number of amides is 1. The van der Waals surface area contributed by atoms with Gasteiger partial charge in [0.05, 0.1) is 17.0 Å². The van der Waals surface area contributed by atoms with Crippen molar-refractivity contribution in [2.45, 2.75) is 45.3 Å². The summed E-state index contributed by atoms with van der Waals surface area (Å²) in [5.74, 6) is -1.46. The predicted molar refractivity (Wildman–Crippen MR) is 88.8 cm³/mol. The lowest BCUT2D eigenvalue weighted by Crippen LogP contribution is -2.38. The number of nitrogens with zero attached hydrogens (tertiary/aromatic N) is 2. The Morgan fingerprint density at radius 1 is 1.21 bits per heavy atom. The topological polar surface area (TPSA) is 93.3 Å². The molecule has 128 valence electrons. The SMILES string of the molecule is CCn1c(=O)n(CC(=O)N[C@H]2CC[C@@H](C(=O)O)C2)c2ccccc21. The van der Waals surface area contributed by atoms with E-state index in [0.717, 1.165) is 11.0 Å². The van der Waals surface area contributed by atoms with E-state index in [1.54, 1.807) is 4.57 Å². The second-order valence-electron chi connectivity index (χ2n) is 6.21. The minimum absolute atomic E-state index is 0.0550. The number of hydrogen-bond donors (Lipinski definition) is 2. The van der Waals surface area contributed by atoms with Crippen molar-refractivity contribution in [3.05, 3.63) is 34.7 Å². The highest BCUT2D eigenvalue weighted by Crippen LogP contribution is 2.25. The maximum Gasteiger partial charge on any atom is 0.329 e. The Morgan fingerprint density at radius 2 is 1.88 bits per heavy atom. The van der Waals surface area contributed by atoms with E-state index in [4.69, 9.17) is 5.11 Å². The highest BCUT2D eigenvalue weighted by molar-refractivity contribution is 5.81. The van der Waals surface area contributed by atoms with E-state index in [1.165, 1.54) is 4.57 Å². The Morgan fingerprint density at radius 3 is 2.46 bits per heavy atom. The number of rotatable bonds is 5. The monoisotopic (exact) mass is 331 g/mol. The van der Waals surface area contributed by atoms with Crippen LogP contribution >= 0.6 is 0 Å². The standard InChI is InChI=1S/C17H21N3O4/c1-2-19-13-5-3-4-6-14(13)20(17(19)24)10-15(21)18-12-8-7-11(9-12)16(22)23/h3-6,11-12H,2,7-10H2,1H3,(H,18,21)(H,22,23)/t11-,12+/m1/s1. The summed E-state index contributed by atoms with van der Waals surface area (Å²) in [6.07, 6.45) is 1.69. The molecule has 2 aromatic rings. The van der Waals surface area contributed by atoms with Crippen LogP contribution < -0.4 is 11.0 Å². The Hall–Kier alpha value is -2.57. The molecule has 1 aliphatic rings. The van der Waals surface area contributed by atoms with Crippen LogP contribution in [0.2, 0.25) is 0 Å². The third kappa shape index (κ3) is 2.93. The molecule has 1 aliphatic carbocycles. The molecule has 1 aromatic heterocycles. The average molecular weight is 331 g/mol. The summed E-state index contributed by atoms with van der Waals surface area (Å²) in [6.45, 7) is 2.38. The van der Waals surface area contributed by atoms with E-state index < -0.39 is 5.97 Å². The Labute approximate surface area is 138 Å². The number of benzene rings is 1. The van der Waals surface area contributed by atoms with Gasteiger partial charge in [0.25, 0.3) is 0 Å². The van der Waals surface area contributed by atoms with Crippen LogP contribution in [0.15, 0.2) is 29.1 Å². The molecule has 1 saturated carbocycles. The lowest BCUT2D eigenvalue weighted by Gasteiger charge is -2.12. The molecule has 1 heterocycles. The highest BCUT2D eigenvalue weighted by atomic mass is 16.4. The second-order valence-corrected chi connectivity index (χ2v) is 6.21. The largest absolute Gasteiger partial charge is 0.481 e. The number of carbonyl (C=O) groups excluding carboxylic acids is 1. The van der Waals surface area contributed by atoms with Crippen molar-refractivity contribution < 1.29 is 14.7 Å². The number of fused-ring (bicyclic) bond motifs is 1. The van der Waals surface area contributed by atoms with E-state index in [2.05, 4.69) is 5.32 Å². The van der Waals surface area contributed by atoms with Gasteiger partial charge in [-0.2, -0.15) is 0 Å². The molecular weight excluding hydrogens is 310 g/mol. The summed E-state index contributed by atoms with van der Waals surface area (Å²) >= 11 is 0. The van der Waals surface area contributed by atoms with Crippen molar-refractivity contribution in [3.63, 3.8) is 0 Å². The molecule has 24 heavy (non-hydrogen) atoms. The lowest BCUT2D eigenvalue weighted by atomic mass is 10.1. The fraction of sp³-hybridized carbons (Fsp3) is 0.471. The zero-order valence-electron chi connectivity index (χ0n) is 13.6. The van der Waals surface area contributed by atoms with Gasteiger partial charge in [0, 0.05) is 12.6 Å². The summed E-state index contributed by atoms with van der Waals surface area (Å²) in [7, 11) is 0. The van der Waals surface area contributed by atoms with Crippen LogP contribution in [0.3, 0.4) is 0 Å². The molecule has 0 bridgehead atoms. The van der Waals surface area contributed by atoms with Crippen LogP contribution in [-0.2, 0) is 22.7 Å². The number of nitrogens with one attached hydrogen (secondary N) is 1. The van der Waals surface area contributed by atoms with Gasteiger partial charge in [0.1, 0.15) is 6.54 Å². The van der Waals surface area contributed by atoms with Crippen molar-refractivity contribution in [2.24, 2.45) is 5.92 Å². The van der Waals surface area contributed by atoms with Crippen LogP contribution in [0.5, 0.6) is 0 Å². The molecular formula is C17H21N3O4. The summed E-state index contributed by atoms with van der Waals surface area (Å²) in [6, 6.07) is 7.26. The molecule has 0 radical (unpaired) electrons. The number of carboxylic acid groups (broad SMARTS) is 1. The van der Waals surface area contributed by atoms with Gasteiger partial charge >= 0.3 is 11.7 Å². The smallest absolute Gasteiger partial charge is 0.329 e. The summed E-state index contributed by atoms with van der Waals surface area (Å²) in [4.78, 5) is 35.8. The molecule has 7 nitrogen and oxygen atoms in total. The molecule has 2 N–H and O–H groups in total. The molecule has 0 spiro atoms. The highest BCUT2D eigenvalue weighted by Gasteiger charge is 2.30. The van der Waals surface area contributed by atoms with Crippen LogP contribution in [0.1, 0.15) is 26.2 Å². The molecule has 1 fully saturated rings. The van der Waals surface area contributed by atoms with E-state index in [9.17, 15) is 14.4 Å². The van der Waals surface area contributed by atoms with Gasteiger partial charge in [-0.25, -0.2) is 4.79 Å².